The van der Waals surface area contributed by atoms with Crippen molar-refractivity contribution < 1.29 is 9.31 Å². The van der Waals surface area contributed by atoms with Crippen molar-refractivity contribution in [2.75, 3.05) is 0 Å². The highest BCUT2D eigenvalue weighted by atomic mass is 19.1. The number of hydrogen-bond acceptors (Lipinski definition) is 4. The van der Waals surface area contributed by atoms with Crippen LogP contribution in [0, 0.1) is 29.8 Å². The Labute approximate surface area is 174 Å². The maximum Gasteiger partial charge on any atom is 0.294 e. The lowest BCUT2D eigenvalue weighted by Gasteiger charge is -2.15. The molecule has 1 aliphatic carbocycles. The molecule has 0 bridgehead atoms. The first-order valence-electron chi connectivity index (χ1n) is 9.90. The van der Waals surface area contributed by atoms with Crippen LogP contribution >= 0.6 is 0 Å². The van der Waals surface area contributed by atoms with E-state index in [4.69, 9.17) is 0 Å². The van der Waals surface area contributed by atoms with Gasteiger partial charge in [-0.2, -0.15) is 5.10 Å². The number of rotatable bonds is 6. The number of para-hydroxylation sites is 2. The van der Waals surface area contributed by atoms with E-state index in [9.17, 15) is 14.5 Å². The van der Waals surface area contributed by atoms with Crippen molar-refractivity contribution in [3.63, 3.8) is 0 Å². The smallest absolute Gasteiger partial charge is 0.294 e. The van der Waals surface area contributed by atoms with Gasteiger partial charge >= 0.3 is 0 Å². The third-order valence-electron chi connectivity index (χ3n) is 5.59. The maximum atomic E-state index is 13.1. The van der Waals surface area contributed by atoms with Gasteiger partial charge in [-0.3, -0.25) is 10.1 Å². The highest BCUT2D eigenvalue weighted by molar-refractivity contribution is 5.53. The summed E-state index contributed by atoms with van der Waals surface area (Å²) in [6, 6.07) is 13.4. The predicted molar refractivity (Wildman–Crippen MR) is 113 cm³/mol. The molecule has 7 heteroatoms. The summed E-state index contributed by atoms with van der Waals surface area (Å²) in [5, 5.41) is 19.5. The van der Waals surface area contributed by atoms with E-state index in [1.165, 1.54) is 18.2 Å². The molecule has 0 amide bonds. The minimum Gasteiger partial charge on any atom is -0.306 e. The molecule has 0 unspecified atom stereocenters. The predicted octanol–water partition coefficient (Wildman–Crippen LogP) is 4.74. The summed E-state index contributed by atoms with van der Waals surface area (Å²) in [5.41, 5.74) is 4.44. The van der Waals surface area contributed by atoms with Gasteiger partial charge in [0, 0.05) is 35.8 Å². The largest absolute Gasteiger partial charge is 0.306 e. The van der Waals surface area contributed by atoms with Gasteiger partial charge in [0.2, 0.25) is 0 Å². The average Bonchev–Trinajstić information content (AvgIpc) is 3.31. The second-order valence-corrected chi connectivity index (χ2v) is 7.58. The number of halogens is 1. The fourth-order valence-corrected chi connectivity index (χ4v) is 4.14. The van der Waals surface area contributed by atoms with E-state index < -0.39 is 0 Å². The molecule has 0 fully saturated rings. The molecular formula is C23H23FN4O2. The summed E-state index contributed by atoms with van der Waals surface area (Å²) in [5.74, 6) is -0.0478. The molecule has 4 rings (SSSR count). The number of aryl methyl sites for hydroxylation is 1. The number of aromatic nitrogens is 2. The van der Waals surface area contributed by atoms with Crippen LogP contribution in [-0.4, -0.2) is 20.7 Å². The monoisotopic (exact) mass is 406 g/mol. The zero-order chi connectivity index (χ0) is 21.3. The van der Waals surface area contributed by atoms with Gasteiger partial charge in [0.15, 0.2) is 0 Å². The van der Waals surface area contributed by atoms with Crippen LogP contribution in [0.5, 0.6) is 0 Å². The molecule has 0 saturated carbocycles. The van der Waals surface area contributed by atoms with Crippen molar-refractivity contribution in [3.8, 4) is 5.69 Å². The number of benzene rings is 2. The van der Waals surface area contributed by atoms with Crippen molar-refractivity contribution in [2.24, 2.45) is 0 Å². The van der Waals surface area contributed by atoms with Gasteiger partial charge in [0.05, 0.1) is 10.6 Å². The number of allylic oxidation sites excluding steroid dienone is 1. The van der Waals surface area contributed by atoms with Crippen LogP contribution in [0.4, 0.5) is 10.1 Å². The fourth-order valence-electron chi connectivity index (χ4n) is 4.14. The minimum atomic E-state index is -0.379. The summed E-state index contributed by atoms with van der Waals surface area (Å²) in [7, 11) is 0. The van der Waals surface area contributed by atoms with Gasteiger partial charge in [0.1, 0.15) is 11.5 Å². The molecule has 0 aliphatic heterocycles. The second-order valence-electron chi connectivity index (χ2n) is 7.58. The Hall–Kier alpha value is -3.32. The number of nitrogens with zero attached hydrogens (tertiary/aromatic N) is 3. The Balaban J connectivity index is 1.51. The Morgan fingerprint density at radius 1 is 1.17 bits per heavy atom. The minimum absolute atomic E-state index is 0.0375. The van der Waals surface area contributed by atoms with E-state index in [1.54, 1.807) is 35.0 Å². The standard InChI is InChI=1S/C23H23FN4O2/c1-15-23(16(2)27(26-15)21-5-3-4-6-22(21)28(29)30)18-9-12-20(13-18)25-14-17-7-10-19(24)11-8-17/h3-12,18,20,25H,13-14H2,1-2H3/t18-,20-/m1/s1. The molecule has 6 nitrogen and oxygen atoms in total. The number of nitrogens with one attached hydrogen (secondary N) is 1. The Kier molecular flexibility index (Phi) is 5.46. The van der Waals surface area contributed by atoms with E-state index in [0.717, 1.165) is 28.9 Å². The first-order valence-corrected chi connectivity index (χ1v) is 9.90. The zero-order valence-electron chi connectivity index (χ0n) is 16.9. The van der Waals surface area contributed by atoms with Crippen molar-refractivity contribution in [2.45, 2.75) is 38.8 Å². The lowest BCUT2D eigenvalue weighted by molar-refractivity contribution is -0.384. The summed E-state index contributed by atoms with van der Waals surface area (Å²) in [6.45, 7) is 4.56. The highest BCUT2D eigenvalue weighted by Crippen LogP contribution is 2.35. The third-order valence-corrected chi connectivity index (χ3v) is 5.59. The van der Waals surface area contributed by atoms with Crippen molar-refractivity contribution in [1.82, 2.24) is 15.1 Å². The Bertz CT molecular complexity index is 1100. The molecule has 0 radical (unpaired) electrons. The first-order chi connectivity index (χ1) is 14.4. The molecule has 1 aromatic heterocycles. The second kappa shape index (κ2) is 8.20. The molecular weight excluding hydrogens is 383 g/mol. The van der Waals surface area contributed by atoms with Gasteiger partial charge in [-0.25, -0.2) is 9.07 Å². The summed E-state index contributed by atoms with van der Waals surface area (Å²) >= 11 is 0. The van der Waals surface area contributed by atoms with Crippen molar-refractivity contribution >= 4 is 5.69 Å². The molecule has 3 aromatic rings. The molecule has 30 heavy (non-hydrogen) atoms. The van der Waals surface area contributed by atoms with Crippen LogP contribution in [0.1, 0.15) is 34.9 Å². The highest BCUT2D eigenvalue weighted by Gasteiger charge is 2.27. The molecule has 1 N–H and O–H groups in total. The fraction of sp³-hybridized carbons (Fsp3) is 0.261. The summed E-state index contributed by atoms with van der Waals surface area (Å²) in [4.78, 5) is 11.1. The van der Waals surface area contributed by atoms with Crippen LogP contribution in [-0.2, 0) is 6.54 Å². The molecule has 0 saturated heterocycles. The van der Waals surface area contributed by atoms with Crippen LogP contribution in [0.15, 0.2) is 60.7 Å². The number of hydrogen-bond donors (Lipinski definition) is 1. The van der Waals surface area contributed by atoms with Crippen LogP contribution < -0.4 is 5.32 Å². The molecule has 154 valence electrons. The molecule has 2 aromatic carbocycles. The van der Waals surface area contributed by atoms with E-state index in [0.29, 0.717) is 12.2 Å². The van der Waals surface area contributed by atoms with E-state index in [-0.39, 0.29) is 28.4 Å². The third kappa shape index (κ3) is 3.89. The van der Waals surface area contributed by atoms with Gasteiger partial charge in [-0.05, 0) is 44.0 Å². The molecule has 0 spiro atoms. The number of nitro groups is 1. The molecule has 1 heterocycles. The lowest BCUT2D eigenvalue weighted by Crippen LogP contribution is -2.25. The summed E-state index contributed by atoms with van der Waals surface area (Å²) < 4.78 is 14.7. The van der Waals surface area contributed by atoms with E-state index in [2.05, 4.69) is 22.6 Å². The van der Waals surface area contributed by atoms with Crippen molar-refractivity contribution in [3.05, 3.63) is 99.1 Å². The van der Waals surface area contributed by atoms with E-state index in [1.807, 2.05) is 13.8 Å². The van der Waals surface area contributed by atoms with Gasteiger partial charge < -0.3 is 5.32 Å². The quantitative estimate of drug-likeness (QED) is 0.365. The SMILES string of the molecule is Cc1nn(-c2ccccc2[N+](=O)[O-])c(C)c1[C@@H]1C=C[C@@H](NCc2ccc(F)cc2)C1. The van der Waals surface area contributed by atoms with Crippen LogP contribution in [0.2, 0.25) is 0 Å². The first kappa shape index (κ1) is 20.0. The lowest BCUT2D eigenvalue weighted by atomic mass is 9.96. The van der Waals surface area contributed by atoms with Gasteiger partial charge in [0.25, 0.3) is 5.69 Å². The maximum absolute atomic E-state index is 13.1. The Morgan fingerprint density at radius 2 is 1.90 bits per heavy atom. The average molecular weight is 406 g/mol. The van der Waals surface area contributed by atoms with Crippen molar-refractivity contribution in [1.29, 1.82) is 0 Å². The number of nitro benzene ring substituents is 1. The molecule has 1 aliphatic rings. The summed E-state index contributed by atoms with van der Waals surface area (Å²) in [6.07, 6.45) is 5.20. The molecule has 2 atom stereocenters. The van der Waals surface area contributed by atoms with Gasteiger partial charge in [-0.15, -0.1) is 0 Å². The van der Waals surface area contributed by atoms with E-state index >= 15 is 0 Å². The van der Waals surface area contributed by atoms with Crippen LogP contribution in [0.3, 0.4) is 0 Å². The normalized spacial score (nSPS) is 18.1. The topological polar surface area (TPSA) is 73.0 Å². The van der Waals surface area contributed by atoms with Gasteiger partial charge in [-0.1, -0.05) is 36.4 Å². The zero-order valence-corrected chi connectivity index (χ0v) is 16.9. The Morgan fingerprint density at radius 3 is 2.63 bits per heavy atom. The van der Waals surface area contributed by atoms with Crippen LogP contribution in [0.25, 0.3) is 5.69 Å².